The van der Waals surface area contributed by atoms with Gasteiger partial charge in [0.1, 0.15) is 0 Å². The summed E-state index contributed by atoms with van der Waals surface area (Å²) in [6.45, 7) is 11.5. The van der Waals surface area contributed by atoms with Crippen molar-refractivity contribution in [2.45, 2.75) is 39.0 Å². The molecule has 1 unspecified atom stereocenters. The normalized spacial score (nSPS) is 11.5. The van der Waals surface area contributed by atoms with Crippen LogP contribution in [0.2, 0.25) is 0 Å². The van der Waals surface area contributed by atoms with Crippen LogP contribution in [0.1, 0.15) is 33.3 Å². The molecule has 0 nitrogen and oxygen atoms in total. The predicted octanol–water partition coefficient (Wildman–Crippen LogP) is 13.1. The topological polar surface area (TPSA) is 0 Å². The van der Waals surface area contributed by atoms with Crippen molar-refractivity contribution in [1.82, 2.24) is 0 Å². The third-order valence-electron chi connectivity index (χ3n) is 8.06. The maximum atomic E-state index is 4.39. The predicted molar refractivity (Wildman–Crippen MR) is 203 cm³/mol. The van der Waals surface area contributed by atoms with Crippen molar-refractivity contribution in [2.75, 3.05) is 6.26 Å². The van der Waals surface area contributed by atoms with Crippen molar-refractivity contribution in [3.05, 3.63) is 140 Å². The fourth-order valence-electron chi connectivity index (χ4n) is 6.08. The molecule has 7 aromatic carbocycles. The quantitative estimate of drug-likeness (QED) is 0.109. The zero-order valence-corrected chi connectivity index (χ0v) is 27.5. The average Bonchev–Trinajstić information content (AvgIpc) is 3.07. The minimum Gasteiger partial charge on any atom is -0.165 e. The van der Waals surface area contributed by atoms with Crippen molar-refractivity contribution in [1.29, 1.82) is 0 Å². The van der Waals surface area contributed by atoms with E-state index in [4.69, 9.17) is 0 Å². The maximum absolute atomic E-state index is 4.39. The third-order valence-corrected chi connectivity index (χ3v) is 9.12. The molecular formula is C43H42S. The molecule has 0 spiro atoms. The fraction of sp³-hybridized carbons (Fsp3) is 0.140. The summed E-state index contributed by atoms with van der Waals surface area (Å²) in [6, 6.07) is 45.2. The zero-order valence-electron chi connectivity index (χ0n) is 26.7. The monoisotopic (exact) mass is 590 g/mol. The highest BCUT2D eigenvalue weighted by atomic mass is 32.2. The Kier molecular flexibility index (Phi) is 9.78. The molecule has 0 aliphatic carbocycles. The minimum atomic E-state index is -0.0841. The summed E-state index contributed by atoms with van der Waals surface area (Å²) in [5.41, 5.74) is 6.54. The first kappa shape index (κ1) is 31.0. The van der Waals surface area contributed by atoms with E-state index in [0.29, 0.717) is 0 Å². The first-order valence-corrected chi connectivity index (χ1v) is 17.4. The van der Waals surface area contributed by atoms with Crippen molar-refractivity contribution in [2.24, 2.45) is 0 Å². The number of aryl methyl sites for hydroxylation is 1. The van der Waals surface area contributed by atoms with E-state index >= 15 is 0 Å². The van der Waals surface area contributed by atoms with E-state index in [0.717, 1.165) is 6.42 Å². The zero-order chi connectivity index (χ0) is 31.2. The number of hydrogen-bond acceptors (Lipinski definition) is 0. The van der Waals surface area contributed by atoms with Crippen LogP contribution in [0.15, 0.2) is 139 Å². The van der Waals surface area contributed by atoms with E-state index < -0.39 is 0 Å². The number of rotatable bonds is 4. The van der Waals surface area contributed by atoms with Gasteiger partial charge in [-0.1, -0.05) is 136 Å². The Morgan fingerprint density at radius 3 is 1.93 bits per heavy atom. The summed E-state index contributed by atoms with van der Waals surface area (Å²) in [6.07, 6.45) is 4.96. The largest absolute Gasteiger partial charge is 0.165 e. The summed E-state index contributed by atoms with van der Waals surface area (Å²) in [5.74, 6) is 4.39. The highest BCUT2D eigenvalue weighted by molar-refractivity contribution is 8.13. The summed E-state index contributed by atoms with van der Waals surface area (Å²) < 4.78 is 0. The van der Waals surface area contributed by atoms with Gasteiger partial charge in [0.2, 0.25) is 0 Å². The Morgan fingerprint density at radius 2 is 1.20 bits per heavy atom. The number of hydrogen-bond donors (Lipinski definition) is 0. The van der Waals surface area contributed by atoms with E-state index in [1.165, 1.54) is 75.8 Å². The SMILES string of the molecule is C=CC.C=S(C)c1ccc2c(-c3cccc4ccccc34)c3cc(CC)ccc3c(-c3ccc4ccccc4c3)c2c1.CC. The lowest BCUT2D eigenvalue weighted by molar-refractivity contribution is 1.15. The molecule has 0 radical (unpaired) electrons. The Morgan fingerprint density at radius 1 is 0.591 bits per heavy atom. The van der Waals surface area contributed by atoms with Crippen molar-refractivity contribution >= 4 is 59.4 Å². The fourth-order valence-corrected chi connectivity index (χ4v) is 6.70. The van der Waals surface area contributed by atoms with E-state index in [1.807, 2.05) is 20.8 Å². The lowest BCUT2D eigenvalue weighted by Crippen LogP contribution is -1.94. The van der Waals surface area contributed by atoms with Gasteiger partial charge in [0, 0.05) is 4.90 Å². The lowest BCUT2D eigenvalue weighted by Gasteiger charge is -2.20. The molecule has 44 heavy (non-hydrogen) atoms. The average molecular weight is 591 g/mol. The molecule has 1 atom stereocenters. The highest BCUT2D eigenvalue weighted by Crippen LogP contribution is 2.47. The summed E-state index contributed by atoms with van der Waals surface area (Å²) in [7, 11) is -0.0841. The molecule has 0 amide bonds. The van der Waals surface area contributed by atoms with Crippen LogP contribution in [-0.4, -0.2) is 12.1 Å². The molecule has 0 fully saturated rings. The molecule has 220 valence electrons. The first-order chi connectivity index (χ1) is 21.5. The Labute approximate surface area is 265 Å². The first-order valence-electron chi connectivity index (χ1n) is 15.6. The molecule has 7 rings (SSSR count). The second kappa shape index (κ2) is 13.9. The molecule has 1 heteroatoms. The van der Waals surface area contributed by atoms with E-state index in [-0.39, 0.29) is 10.5 Å². The molecule has 0 saturated carbocycles. The van der Waals surface area contributed by atoms with Crippen molar-refractivity contribution in [3.8, 4) is 22.3 Å². The van der Waals surface area contributed by atoms with Gasteiger partial charge >= 0.3 is 0 Å². The van der Waals surface area contributed by atoms with Gasteiger partial charge in [0.05, 0.1) is 0 Å². The van der Waals surface area contributed by atoms with E-state index in [2.05, 4.69) is 147 Å². The Hall–Kier alpha value is -4.46. The summed E-state index contributed by atoms with van der Waals surface area (Å²) in [5, 5.41) is 10.3. The van der Waals surface area contributed by atoms with Crippen LogP contribution in [0.3, 0.4) is 0 Å². The number of fused-ring (bicyclic) bond motifs is 4. The lowest BCUT2D eigenvalue weighted by atomic mass is 9.83. The van der Waals surface area contributed by atoms with Crippen LogP contribution >= 0.6 is 10.5 Å². The minimum absolute atomic E-state index is 0.0841. The maximum Gasteiger partial charge on any atom is 0.00152 e. The number of benzene rings is 7. The van der Waals surface area contributed by atoms with Crippen LogP contribution in [0.4, 0.5) is 0 Å². The molecular weight excluding hydrogens is 549 g/mol. The van der Waals surface area contributed by atoms with Crippen LogP contribution in [-0.2, 0) is 6.42 Å². The van der Waals surface area contributed by atoms with Crippen LogP contribution < -0.4 is 0 Å². The third kappa shape index (κ3) is 5.85. The van der Waals surface area contributed by atoms with Gasteiger partial charge < -0.3 is 0 Å². The molecule has 0 aliphatic heterocycles. The van der Waals surface area contributed by atoms with Crippen LogP contribution in [0.5, 0.6) is 0 Å². The molecule has 0 bridgehead atoms. The van der Waals surface area contributed by atoms with Gasteiger partial charge in [0.25, 0.3) is 0 Å². The number of allylic oxidation sites excluding steroid dienone is 1. The van der Waals surface area contributed by atoms with Gasteiger partial charge in [-0.25, -0.2) is 0 Å². The van der Waals surface area contributed by atoms with Gasteiger partial charge in [0.15, 0.2) is 0 Å². The van der Waals surface area contributed by atoms with E-state index in [9.17, 15) is 0 Å². The second-order valence-corrected chi connectivity index (χ2v) is 12.6. The smallest absolute Gasteiger partial charge is 0.00152 e. The molecule has 0 heterocycles. The van der Waals surface area contributed by atoms with Gasteiger partial charge in [-0.2, -0.15) is 10.5 Å². The second-order valence-electron chi connectivity index (χ2n) is 10.8. The van der Waals surface area contributed by atoms with Gasteiger partial charge in [-0.15, -0.1) is 6.58 Å². The molecule has 0 N–H and O–H groups in total. The Balaban J connectivity index is 0.000000726. The van der Waals surface area contributed by atoms with E-state index in [1.54, 1.807) is 6.08 Å². The standard InChI is InChI=1S/C38H30S.C3H6.C2H6/c1-4-25-16-20-33-35(22-25)38(32-15-9-13-27-11-7-8-14-31(27)32)34-21-19-30(39(2)3)24-36(34)37(33)29-18-17-26-10-5-6-12-28(26)23-29;1-3-2;1-2/h5-24H,2,4H2,1,3H3;3H,1H2,2H3;1-2H3. The summed E-state index contributed by atoms with van der Waals surface area (Å²) >= 11 is 0. The van der Waals surface area contributed by atoms with Crippen LogP contribution in [0.25, 0.3) is 65.3 Å². The summed E-state index contributed by atoms with van der Waals surface area (Å²) in [4.78, 5) is 1.29. The van der Waals surface area contributed by atoms with Crippen molar-refractivity contribution < 1.29 is 0 Å². The van der Waals surface area contributed by atoms with Gasteiger partial charge in [-0.3, -0.25) is 0 Å². The molecule has 0 saturated heterocycles. The van der Waals surface area contributed by atoms with Crippen LogP contribution in [0, 0.1) is 0 Å². The molecule has 7 aromatic rings. The van der Waals surface area contributed by atoms with Crippen molar-refractivity contribution in [3.63, 3.8) is 0 Å². The highest BCUT2D eigenvalue weighted by Gasteiger charge is 2.19. The molecule has 0 aromatic heterocycles. The van der Waals surface area contributed by atoms with Gasteiger partial charge in [-0.05, 0) is 109 Å². The molecule has 0 aliphatic rings. The Bertz CT molecular complexity index is 2120.